The Balaban J connectivity index is 1.35. The molecule has 3 N–H and O–H groups in total. The van der Waals surface area contributed by atoms with Gasteiger partial charge < -0.3 is 20.1 Å². The topological polar surface area (TPSA) is 110 Å². The van der Waals surface area contributed by atoms with Gasteiger partial charge in [0, 0.05) is 29.7 Å². The van der Waals surface area contributed by atoms with E-state index in [1.54, 1.807) is 6.92 Å². The van der Waals surface area contributed by atoms with Crippen molar-refractivity contribution >= 4 is 17.7 Å². The molecule has 0 saturated carbocycles. The summed E-state index contributed by atoms with van der Waals surface area (Å²) in [6.07, 6.45) is 0.564. The summed E-state index contributed by atoms with van der Waals surface area (Å²) in [4.78, 5) is 13.2. The molecule has 174 valence electrons. The van der Waals surface area contributed by atoms with Gasteiger partial charge >= 0.3 is 0 Å². The van der Waals surface area contributed by atoms with Crippen LogP contribution in [0.15, 0.2) is 42.5 Å². The zero-order valence-corrected chi connectivity index (χ0v) is 18.4. The fraction of sp³-hybridized carbons (Fsp3) is 0.217. The minimum Gasteiger partial charge on any atom is -0.454 e. The van der Waals surface area contributed by atoms with Crippen LogP contribution >= 0.6 is 0 Å². The van der Waals surface area contributed by atoms with Crippen LogP contribution in [0.3, 0.4) is 0 Å². The number of aromatic amines is 1. The minimum atomic E-state index is -0.643. The molecular weight excluding hydrogens is 444 g/mol. The predicted molar refractivity (Wildman–Crippen MR) is 121 cm³/mol. The fourth-order valence-electron chi connectivity index (χ4n) is 3.53. The Labute approximate surface area is 193 Å². The molecule has 0 amide bonds. The van der Waals surface area contributed by atoms with Gasteiger partial charge in [-0.2, -0.15) is 20.1 Å². The zero-order valence-electron chi connectivity index (χ0n) is 18.4. The summed E-state index contributed by atoms with van der Waals surface area (Å²) in [7, 11) is 0. The van der Waals surface area contributed by atoms with Gasteiger partial charge in [0.25, 0.3) is 0 Å². The van der Waals surface area contributed by atoms with Gasteiger partial charge in [-0.15, -0.1) is 0 Å². The maximum Gasteiger partial charge on any atom is 0.233 e. The number of anilines is 3. The largest absolute Gasteiger partial charge is 0.454 e. The normalized spacial score (nSPS) is 13.1. The summed E-state index contributed by atoms with van der Waals surface area (Å²) in [5.41, 5.74) is 1.95. The molecule has 0 radical (unpaired) electrons. The Kier molecular flexibility index (Phi) is 5.66. The lowest BCUT2D eigenvalue weighted by molar-refractivity contribution is 0.174. The first kappa shape index (κ1) is 21.6. The van der Waals surface area contributed by atoms with Crippen molar-refractivity contribution in [2.45, 2.75) is 26.3 Å². The van der Waals surface area contributed by atoms with Crippen molar-refractivity contribution in [3.8, 4) is 22.8 Å². The van der Waals surface area contributed by atoms with E-state index in [0.29, 0.717) is 35.1 Å². The number of halogens is 2. The predicted octanol–water partition coefficient (Wildman–Crippen LogP) is 4.75. The van der Waals surface area contributed by atoms with E-state index >= 15 is 0 Å². The van der Waals surface area contributed by atoms with Crippen molar-refractivity contribution in [1.29, 1.82) is 0 Å². The molecular formula is C23H21F2N7O2. The minimum absolute atomic E-state index is 0.205. The molecule has 5 rings (SSSR count). The van der Waals surface area contributed by atoms with Crippen LogP contribution in [0.5, 0.6) is 11.5 Å². The summed E-state index contributed by atoms with van der Waals surface area (Å²) in [6, 6.07) is 10.4. The maximum atomic E-state index is 14.2. The molecule has 4 aromatic rings. The number of aromatic nitrogens is 5. The molecule has 0 bridgehead atoms. The molecule has 2 aromatic heterocycles. The van der Waals surface area contributed by atoms with E-state index < -0.39 is 17.7 Å². The van der Waals surface area contributed by atoms with Gasteiger partial charge in [-0.05, 0) is 31.2 Å². The Bertz CT molecular complexity index is 1340. The summed E-state index contributed by atoms with van der Waals surface area (Å²) < 4.78 is 38.2. The summed E-state index contributed by atoms with van der Waals surface area (Å²) in [6.45, 7) is 3.86. The number of fused-ring (bicyclic) bond motifs is 1. The van der Waals surface area contributed by atoms with Gasteiger partial charge in [-0.25, -0.2) is 8.78 Å². The molecule has 0 aliphatic carbocycles. The summed E-state index contributed by atoms with van der Waals surface area (Å²) in [5, 5.41) is 13.4. The Hall–Kier alpha value is -4.28. The van der Waals surface area contributed by atoms with Crippen LogP contribution in [0.1, 0.15) is 31.3 Å². The first-order valence-electron chi connectivity index (χ1n) is 10.7. The zero-order chi connectivity index (χ0) is 23.7. The molecule has 1 atom stereocenters. The molecule has 2 aromatic carbocycles. The van der Waals surface area contributed by atoms with Gasteiger partial charge in [-0.1, -0.05) is 13.0 Å². The second-order valence-electron chi connectivity index (χ2n) is 7.64. The van der Waals surface area contributed by atoms with Crippen LogP contribution in [-0.2, 0) is 6.42 Å². The average Bonchev–Trinajstić information content (AvgIpc) is 3.47. The second kappa shape index (κ2) is 8.93. The molecule has 3 heterocycles. The van der Waals surface area contributed by atoms with E-state index in [2.05, 4.69) is 35.8 Å². The van der Waals surface area contributed by atoms with Crippen LogP contribution < -0.4 is 20.1 Å². The van der Waals surface area contributed by atoms with E-state index in [1.165, 1.54) is 12.1 Å². The third kappa shape index (κ3) is 4.45. The number of hydrogen-bond acceptors (Lipinski definition) is 8. The summed E-state index contributed by atoms with van der Waals surface area (Å²) >= 11 is 0. The van der Waals surface area contributed by atoms with Crippen molar-refractivity contribution < 1.29 is 18.3 Å². The van der Waals surface area contributed by atoms with Crippen molar-refractivity contribution in [3.05, 3.63) is 65.5 Å². The third-order valence-electron chi connectivity index (χ3n) is 5.27. The maximum absolute atomic E-state index is 14.2. The van der Waals surface area contributed by atoms with Gasteiger partial charge in [0.1, 0.15) is 17.5 Å². The molecule has 34 heavy (non-hydrogen) atoms. The van der Waals surface area contributed by atoms with E-state index in [0.717, 1.165) is 17.3 Å². The quantitative estimate of drug-likeness (QED) is 0.359. The highest BCUT2D eigenvalue weighted by Gasteiger charge is 2.17. The Morgan fingerprint density at radius 1 is 1.00 bits per heavy atom. The van der Waals surface area contributed by atoms with Crippen LogP contribution in [-0.4, -0.2) is 31.9 Å². The highest BCUT2D eigenvalue weighted by atomic mass is 19.1. The van der Waals surface area contributed by atoms with Crippen molar-refractivity contribution in [1.82, 2.24) is 25.1 Å². The average molecular weight is 465 g/mol. The van der Waals surface area contributed by atoms with Crippen molar-refractivity contribution in [2.24, 2.45) is 0 Å². The lowest BCUT2D eigenvalue weighted by Crippen LogP contribution is -2.14. The molecule has 11 heteroatoms. The van der Waals surface area contributed by atoms with Crippen LogP contribution in [0.4, 0.5) is 26.5 Å². The first-order chi connectivity index (χ1) is 16.5. The van der Waals surface area contributed by atoms with Crippen molar-refractivity contribution in [2.75, 3.05) is 17.4 Å². The molecule has 1 aliphatic heterocycles. The highest BCUT2D eigenvalue weighted by Crippen LogP contribution is 2.35. The van der Waals surface area contributed by atoms with Gasteiger partial charge in [0.2, 0.25) is 18.7 Å². The van der Waals surface area contributed by atoms with Crippen LogP contribution in [0.25, 0.3) is 11.3 Å². The number of ether oxygens (including phenoxy) is 2. The Morgan fingerprint density at radius 2 is 1.82 bits per heavy atom. The van der Waals surface area contributed by atoms with E-state index in [-0.39, 0.29) is 18.7 Å². The number of rotatable bonds is 7. The molecule has 0 fully saturated rings. The number of nitrogens with zero attached hydrogens (tertiary/aromatic N) is 4. The van der Waals surface area contributed by atoms with E-state index in [1.807, 2.05) is 31.2 Å². The molecule has 1 unspecified atom stereocenters. The smallest absolute Gasteiger partial charge is 0.233 e. The number of aryl methyl sites for hydroxylation is 1. The monoisotopic (exact) mass is 465 g/mol. The van der Waals surface area contributed by atoms with E-state index in [9.17, 15) is 8.78 Å². The fourth-order valence-corrected chi connectivity index (χ4v) is 3.53. The number of nitrogens with one attached hydrogen (secondary N) is 3. The highest BCUT2D eigenvalue weighted by molar-refractivity contribution is 5.67. The van der Waals surface area contributed by atoms with Crippen molar-refractivity contribution in [3.63, 3.8) is 0 Å². The first-order valence-corrected chi connectivity index (χ1v) is 10.7. The number of benzene rings is 2. The summed E-state index contributed by atoms with van der Waals surface area (Å²) in [5.74, 6) is 1.69. The lowest BCUT2D eigenvalue weighted by atomic mass is 10.1. The van der Waals surface area contributed by atoms with Gasteiger partial charge in [-0.3, -0.25) is 5.10 Å². The number of H-pyrrole nitrogens is 1. The SMILES string of the molecule is CCc1nc(Nc2cc(-c3ccc4c(c3)OCO4)[nH]n2)nc(NC(C)c2ccc(F)cc2F)n1. The number of hydrogen-bond donors (Lipinski definition) is 3. The standard InChI is InChI=1S/C23H21F2N7O2/c1-3-20-27-22(26-12(2)15-6-5-14(24)9-16(15)25)30-23(28-20)29-21-10-17(31-32-21)13-4-7-18-19(8-13)34-11-33-18/h4-10,12H,3,11H2,1-2H3,(H3,26,27,28,29,30,31,32). The van der Waals surface area contributed by atoms with Crippen LogP contribution in [0.2, 0.25) is 0 Å². The Morgan fingerprint density at radius 3 is 2.65 bits per heavy atom. The molecule has 0 spiro atoms. The van der Waals surface area contributed by atoms with Gasteiger partial charge in [0.15, 0.2) is 17.3 Å². The molecule has 0 saturated heterocycles. The van der Waals surface area contributed by atoms with Crippen LogP contribution in [0, 0.1) is 11.6 Å². The van der Waals surface area contributed by atoms with Gasteiger partial charge in [0.05, 0.1) is 11.7 Å². The molecule has 1 aliphatic rings. The molecule has 9 nitrogen and oxygen atoms in total. The second-order valence-corrected chi connectivity index (χ2v) is 7.64. The van der Waals surface area contributed by atoms with E-state index in [4.69, 9.17) is 9.47 Å². The lowest BCUT2D eigenvalue weighted by Gasteiger charge is -2.16. The third-order valence-corrected chi connectivity index (χ3v) is 5.27.